The number of rotatable bonds is 3. The SMILES string of the molecule is Cc1cc(C)c(C)c(Oc2ccccc2C(=O)NC(F)(F)F)c1. The van der Waals surface area contributed by atoms with Crippen molar-refractivity contribution < 1.29 is 22.7 Å². The average Bonchev–Trinajstić information content (AvgIpc) is 2.43. The molecule has 0 aliphatic rings. The van der Waals surface area contributed by atoms with E-state index in [0.29, 0.717) is 5.75 Å². The second-order valence-corrected chi connectivity index (χ2v) is 5.26. The minimum atomic E-state index is -4.79. The summed E-state index contributed by atoms with van der Waals surface area (Å²) in [6, 6.07) is 9.58. The number of carbonyl (C=O) groups is 1. The minimum absolute atomic E-state index is 0.0716. The summed E-state index contributed by atoms with van der Waals surface area (Å²) < 4.78 is 42.8. The third-order valence-electron chi connectivity index (χ3n) is 3.37. The summed E-state index contributed by atoms with van der Waals surface area (Å²) >= 11 is 0. The van der Waals surface area contributed by atoms with Crippen molar-refractivity contribution in [3.63, 3.8) is 0 Å². The molecule has 0 spiro atoms. The zero-order valence-corrected chi connectivity index (χ0v) is 12.9. The zero-order valence-electron chi connectivity index (χ0n) is 12.9. The molecule has 6 heteroatoms. The van der Waals surface area contributed by atoms with Gasteiger partial charge in [-0.1, -0.05) is 18.2 Å². The molecule has 2 aromatic rings. The zero-order chi connectivity index (χ0) is 17.2. The predicted molar refractivity (Wildman–Crippen MR) is 80.7 cm³/mol. The van der Waals surface area contributed by atoms with Crippen LogP contribution in [0.2, 0.25) is 0 Å². The number of halogens is 3. The van der Waals surface area contributed by atoms with Crippen LogP contribution in [-0.4, -0.2) is 12.2 Å². The van der Waals surface area contributed by atoms with E-state index in [2.05, 4.69) is 0 Å². The van der Waals surface area contributed by atoms with Crippen LogP contribution in [0.3, 0.4) is 0 Å². The first-order valence-corrected chi connectivity index (χ1v) is 6.91. The molecule has 0 aliphatic heterocycles. The highest BCUT2D eigenvalue weighted by Crippen LogP contribution is 2.30. The van der Waals surface area contributed by atoms with Crippen LogP contribution in [-0.2, 0) is 0 Å². The second kappa shape index (κ2) is 6.32. The lowest BCUT2D eigenvalue weighted by molar-refractivity contribution is -0.146. The molecule has 0 atom stereocenters. The van der Waals surface area contributed by atoms with Gasteiger partial charge >= 0.3 is 6.30 Å². The van der Waals surface area contributed by atoms with Crippen molar-refractivity contribution in [1.82, 2.24) is 5.32 Å². The molecule has 2 rings (SSSR count). The van der Waals surface area contributed by atoms with Gasteiger partial charge in [0.05, 0.1) is 5.56 Å². The summed E-state index contributed by atoms with van der Waals surface area (Å²) in [4.78, 5) is 11.8. The molecule has 23 heavy (non-hydrogen) atoms. The molecule has 0 radical (unpaired) electrons. The topological polar surface area (TPSA) is 38.3 Å². The molecule has 0 bridgehead atoms. The highest BCUT2D eigenvalue weighted by atomic mass is 19.4. The number of benzene rings is 2. The maximum absolute atomic E-state index is 12.3. The number of hydrogen-bond acceptors (Lipinski definition) is 2. The van der Waals surface area contributed by atoms with E-state index in [1.54, 1.807) is 12.1 Å². The quantitative estimate of drug-likeness (QED) is 0.835. The Kier molecular flexibility index (Phi) is 4.63. The van der Waals surface area contributed by atoms with Gasteiger partial charge < -0.3 is 4.74 Å². The molecule has 122 valence electrons. The molecule has 0 saturated heterocycles. The fraction of sp³-hybridized carbons (Fsp3) is 0.235. The molecule has 2 aromatic carbocycles. The molecule has 0 saturated carbocycles. The lowest BCUT2D eigenvalue weighted by Gasteiger charge is -2.15. The highest BCUT2D eigenvalue weighted by Gasteiger charge is 2.31. The van der Waals surface area contributed by atoms with E-state index in [4.69, 9.17) is 4.74 Å². The Morgan fingerprint density at radius 2 is 1.70 bits per heavy atom. The lowest BCUT2D eigenvalue weighted by atomic mass is 10.1. The first-order chi connectivity index (χ1) is 10.7. The van der Waals surface area contributed by atoms with E-state index in [9.17, 15) is 18.0 Å². The maximum Gasteiger partial charge on any atom is 0.484 e. The Balaban J connectivity index is 2.37. The molecular weight excluding hydrogens is 307 g/mol. The summed E-state index contributed by atoms with van der Waals surface area (Å²) in [5, 5.41) is 0.980. The van der Waals surface area contributed by atoms with Gasteiger partial charge in [0.25, 0.3) is 5.91 Å². The largest absolute Gasteiger partial charge is 0.484 e. The van der Waals surface area contributed by atoms with Crippen molar-refractivity contribution in [2.45, 2.75) is 27.1 Å². The number of amides is 1. The number of nitrogens with one attached hydrogen (secondary N) is 1. The minimum Gasteiger partial charge on any atom is -0.456 e. The lowest BCUT2D eigenvalue weighted by Crippen LogP contribution is -2.37. The average molecular weight is 323 g/mol. The van der Waals surface area contributed by atoms with Gasteiger partial charge in [0.2, 0.25) is 0 Å². The van der Waals surface area contributed by atoms with Crippen molar-refractivity contribution >= 4 is 5.91 Å². The number of aryl methyl sites for hydroxylation is 2. The smallest absolute Gasteiger partial charge is 0.456 e. The fourth-order valence-corrected chi connectivity index (χ4v) is 2.16. The Labute approximate surface area is 132 Å². The summed E-state index contributed by atoms with van der Waals surface area (Å²) in [7, 11) is 0. The Morgan fingerprint density at radius 3 is 2.35 bits per heavy atom. The van der Waals surface area contributed by atoms with Crippen LogP contribution in [0.25, 0.3) is 0 Å². The van der Waals surface area contributed by atoms with Crippen molar-refractivity contribution in [1.29, 1.82) is 0 Å². The summed E-state index contributed by atoms with van der Waals surface area (Å²) in [6.45, 7) is 5.65. The van der Waals surface area contributed by atoms with Crippen LogP contribution < -0.4 is 10.1 Å². The third kappa shape index (κ3) is 4.25. The molecule has 0 aliphatic carbocycles. The number of para-hydroxylation sites is 1. The molecule has 0 aromatic heterocycles. The van der Waals surface area contributed by atoms with Gasteiger partial charge in [-0.2, -0.15) is 13.2 Å². The number of carbonyl (C=O) groups excluding carboxylic acids is 1. The van der Waals surface area contributed by atoms with E-state index >= 15 is 0 Å². The molecule has 0 heterocycles. The Bertz CT molecular complexity index is 739. The van der Waals surface area contributed by atoms with Gasteiger partial charge in [0, 0.05) is 0 Å². The van der Waals surface area contributed by atoms with Crippen LogP contribution in [0.15, 0.2) is 36.4 Å². The Hall–Kier alpha value is -2.50. The van der Waals surface area contributed by atoms with Crippen LogP contribution in [0.1, 0.15) is 27.0 Å². The van der Waals surface area contributed by atoms with E-state index in [0.717, 1.165) is 22.0 Å². The van der Waals surface area contributed by atoms with Gasteiger partial charge in [-0.05, 0) is 55.7 Å². The van der Waals surface area contributed by atoms with Crippen LogP contribution in [0.5, 0.6) is 11.5 Å². The van der Waals surface area contributed by atoms with Crippen LogP contribution >= 0.6 is 0 Å². The van der Waals surface area contributed by atoms with Crippen molar-refractivity contribution in [3.05, 3.63) is 58.7 Å². The first-order valence-electron chi connectivity index (χ1n) is 6.91. The van der Waals surface area contributed by atoms with Gasteiger partial charge in [0.15, 0.2) is 0 Å². The third-order valence-corrected chi connectivity index (χ3v) is 3.37. The Morgan fingerprint density at radius 1 is 1.04 bits per heavy atom. The number of alkyl halides is 3. The van der Waals surface area contributed by atoms with Crippen molar-refractivity contribution in [2.75, 3.05) is 0 Å². The second-order valence-electron chi connectivity index (χ2n) is 5.26. The molecule has 1 N–H and O–H groups in total. The number of ether oxygens (including phenoxy) is 1. The standard InChI is InChI=1S/C17H16F3NO2/c1-10-8-11(2)12(3)15(9-10)23-14-7-5-4-6-13(14)16(22)21-17(18,19)20/h4-9H,1-3H3,(H,21,22). The predicted octanol–water partition coefficient (Wildman–Crippen LogP) is 4.65. The van der Waals surface area contributed by atoms with E-state index in [1.165, 1.54) is 18.2 Å². The summed E-state index contributed by atoms with van der Waals surface area (Å²) in [5.74, 6) is -0.674. The number of hydrogen-bond donors (Lipinski definition) is 1. The van der Waals surface area contributed by atoms with Gasteiger partial charge in [-0.25, -0.2) is 0 Å². The molecule has 0 unspecified atom stereocenters. The van der Waals surface area contributed by atoms with Crippen molar-refractivity contribution in [2.24, 2.45) is 0 Å². The van der Waals surface area contributed by atoms with E-state index in [1.807, 2.05) is 26.8 Å². The van der Waals surface area contributed by atoms with E-state index in [-0.39, 0.29) is 11.3 Å². The van der Waals surface area contributed by atoms with Crippen LogP contribution in [0, 0.1) is 20.8 Å². The summed E-state index contributed by atoms with van der Waals surface area (Å²) in [5.41, 5.74) is 2.64. The molecule has 0 fully saturated rings. The van der Waals surface area contributed by atoms with Gasteiger partial charge in [0.1, 0.15) is 11.5 Å². The highest BCUT2D eigenvalue weighted by molar-refractivity contribution is 5.97. The fourth-order valence-electron chi connectivity index (χ4n) is 2.16. The first kappa shape index (κ1) is 16.9. The normalized spacial score (nSPS) is 11.2. The van der Waals surface area contributed by atoms with Gasteiger partial charge in [-0.3, -0.25) is 10.1 Å². The maximum atomic E-state index is 12.3. The van der Waals surface area contributed by atoms with E-state index < -0.39 is 12.2 Å². The molecule has 3 nitrogen and oxygen atoms in total. The molecule has 1 amide bonds. The van der Waals surface area contributed by atoms with Crippen molar-refractivity contribution in [3.8, 4) is 11.5 Å². The van der Waals surface area contributed by atoms with Crippen LogP contribution in [0.4, 0.5) is 13.2 Å². The monoisotopic (exact) mass is 323 g/mol. The van der Waals surface area contributed by atoms with Gasteiger partial charge in [-0.15, -0.1) is 0 Å². The summed E-state index contributed by atoms with van der Waals surface area (Å²) in [6.07, 6.45) is -4.79. The molecular formula is C17H16F3NO2.